The fourth-order valence-electron chi connectivity index (χ4n) is 1.96. The number of hydrogen-bond acceptors (Lipinski definition) is 2. The van der Waals surface area contributed by atoms with E-state index in [-0.39, 0.29) is 10.7 Å². The van der Waals surface area contributed by atoms with Gasteiger partial charge in [-0.3, -0.25) is 4.79 Å². The summed E-state index contributed by atoms with van der Waals surface area (Å²) in [6.45, 7) is 3.90. The van der Waals surface area contributed by atoms with Crippen molar-refractivity contribution in [3.8, 4) is 0 Å². The number of rotatable bonds is 3. The molecule has 20 heavy (non-hydrogen) atoms. The molecular weight excluding hydrogens is 279 g/mol. The molecule has 1 amide bonds. The van der Waals surface area contributed by atoms with Gasteiger partial charge in [0.1, 0.15) is 11.0 Å². The van der Waals surface area contributed by atoms with Gasteiger partial charge in [-0.25, -0.2) is 9.37 Å². The first kappa shape index (κ1) is 14.5. The fraction of sp³-hybridized carbons (Fsp3) is 0.200. The minimum absolute atomic E-state index is 0.0180. The summed E-state index contributed by atoms with van der Waals surface area (Å²) in [5, 5.41) is 2.77. The van der Waals surface area contributed by atoms with Crippen LogP contribution in [0.1, 0.15) is 28.4 Å². The third-order valence-corrected chi connectivity index (χ3v) is 3.33. The lowest BCUT2D eigenvalue weighted by Gasteiger charge is -2.13. The Hall–Kier alpha value is -1.94. The van der Waals surface area contributed by atoms with Gasteiger partial charge >= 0.3 is 0 Å². The number of aromatic nitrogens is 1. The molecule has 3 nitrogen and oxygen atoms in total. The highest BCUT2D eigenvalue weighted by Gasteiger charge is 2.15. The predicted molar refractivity (Wildman–Crippen MR) is 77.7 cm³/mol. The van der Waals surface area contributed by atoms with Crippen molar-refractivity contribution in [1.82, 2.24) is 4.98 Å². The lowest BCUT2D eigenvalue weighted by molar-refractivity contribution is 0.102. The van der Waals surface area contributed by atoms with Crippen molar-refractivity contribution in [2.24, 2.45) is 0 Å². The zero-order valence-electron chi connectivity index (χ0n) is 11.2. The van der Waals surface area contributed by atoms with E-state index in [0.29, 0.717) is 0 Å². The largest absolute Gasteiger partial charge is 0.321 e. The van der Waals surface area contributed by atoms with Crippen LogP contribution < -0.4 is 5.32 Å². The Kier molecular flexibility index (Phi) is 4.35. The van der Waals surface area contributed by atoms with Crippen LogP contribution in [0.5, 0.6) is 0 Å². The summed E-state index contributed by atoms with van der Waals surface area (Å²) in [5.74, 6) is -1.06. The van der Waals surface area contributed by atoms with Gasteiger partial charge in [0.05, 0.1) is 11.8 Å². The Morgan fingerprint density at radius 3 is 2.90 bits per heavy atom. The molecule has 0 radical (unpaired) electrons. The van der Waals surface area contributed by atoms with E-state index in [2.05, 4.69) is 10.3 Å². The summed E-state index contributed by atoms with van der Waals surface area (Å²) < 4.78 is 13.2. The number of amides is 1. The number of aryl methyl sites for hydroxylation is 2. The molecule has 0 unspecified atom stereocenters. The van der Waals surface area contributed by atoms with Crippen LogP contribution in [-0.4, -0.2) is 10.9 Å². The molecule has 0 saturated carbocycles. The molecule has 104 valence electrons. The molecule has 2 aromatic rings. The summed E-state index contributed by atoms with van der Waals surface area (Å²) in [6.07, 6.45) is 1.76. The van der Waals surface area contributed by atoms with Crippen LogP contribution in [0.3, 0.4) is 0 Å². The van der Waals surface area contributed by atoms with E-state index in [9.17, 15) is 9.18 Å². The molecule has 1 aromatic heterocycles. The molecule has 0 aliphatic carbocycles. The zero-order chi connectivity index (χ0) is 14.7. The molecule has 0 saturated heterocycles. The first-order valence-corrected chi connectivity index (χ1v) is 6.61. The number of pyridine rings is 1. The van der Waals surface area contributed by atoms with Crippen LogP contribution >= 0.6 is 11.6 Å². The number of carbonyl (C=O) groups excluding carboxylic acids is 1. The molecule has 5 heteroatoms. The Bertz CT molecular complexity index is 658. The van der Waals surface area contributed by atoms with Crippen molar-refractivity contribution in [1.29, 1.82) is 0 Å². The normalized spacial score (nSPS) is 10.4. The average molecular weight is 293 g/mol. The second-order valence-electron chi connectivity index (χ2n) is 4.41. The van der Waals surface area contributed by atoms with E-state index in [4.69, 9.17) is 11.6 Å². The maximum Gasteiger partial charge on any atom is 0.258 e. The zero-order valence-corrected chi connectivity index (χ0v) is 12.0. The third-order valence-electron chi connectivity index (χ3n) is 3.03. The fourth-order valence-corrected chi connectivity index (χ4v) is 2.15. The minimum atomic E-state index is -0.597. The number of para-hydroxylation sites is 1. The van der Waals surface area contributed by atoms with Crippen molar-refractivity contribution in [3.05, 3.63) is 58.1 Å². The summed E-state index contributed by atoms with van der Waals surface area (Å²) in [7, 11) is 0. The number of hydrogen-bond donors (Lipinski definition) is 1. The maximum atomic E-state index is 13.2. The van der Waals surface area contributed by atoms with E-state index in [0.717, 1.165) is 35.5 Å². The second kappa shape index (κ2) is 6.01. The minimum Gasteiger partial charge on any atom is -0.321 e. The van der Waals surface area contributed by atoms with Crippen LogP contribution in [-0.2, 0) is 6.42 Å². The Morgan fingerprint density at radius 1 is 1.45 bits per heavy atom. The van der Waals surface area contributed by atoms with Crippen molar-refractivity contribution in [3.63, 3.8) is 0 Å². The third kappa shape index (κ3) is 2.96. The van der Waals surface area contributed by atoms with Crippen LogP contribution in [0.15, 0.2) is 30.5 Å². The number of carbonyl (C=O) groups is 1. The van der Waals surface area contributed by atoms with Crippen LogP contribution in [0.2, 0.25) is 5.15 Å². The van der Waals surface area contributed by atoms with Gasteiger partial charge in [0.25, 0.3) is 5.91 Å². The number of benzene rings is 1. The average Bonchev–Trinajstić information content (AvgIpc) is 2.43. The van der Waals surface area contributed by atoms with Gasteiger partial charge in [0.2, 0.25) is 0 Å². The number of anilines is 1. The van der Waals surface area contributed by atoms with Gasteiger partial charge in [-0.15, -0.1) is 0 Å². The highest BCUT2D eigenvalue weighted by molar-refractivity contribution is 6.33. The molecule has 1 heterocycles. The molecule has 0 bridgehead atoms. The van der Waals surface area contributed by atoms with Gasteiger partial charge < -0.3 is 5.32 Å². The Balaban J connectivity index is 2.35. The monoisotopic (exact) mass is 292 g/mol. The molecule has 0 aliphatic heterocycles. The van der Waals surface area contributed by atoms with Crippen molar-refractivity contribution < 1.29 is 9.18 Å². The summed E-state index contributed by atoms with van der Waals surface area (Å²) >= 11 is 5.83. The van der Waals surface area contributed by atoms with Gasteiger partial charge in [-0.2, -0.15) is 0 Å². The predicted octanol–water partition coefficient (Wildman–Crippen LogP) is 4.00. The molecule has 0 atom stereocenters. The van der Waals surface area contributed by atoms with E-state index in [1.165, 1.54) is 0 Å². The van der Waals surface area contributed by atoms with E-state index < -0.39 is 11.7 Å². The SMILES string of the molecule is CCc1cccc(C)c1NC(=O)c1cc(F)cnc1Cl. The highest BCUT2D eigenvalue weighted by atomic mass is 35.5. The summed E-state index contributed by atoms with van der Waals surface area (Å²) in [6, 6.07) is 6.85. The molecule has 0 aliphatic rings. The highest BCUT2D eigenvalue weighted by Crippen LogP contribution is 2.23. The van der Waals surface area contributed by atoms with Crippen LogP contribution in [0, 0.1) is 12.7 Å². The summed E-state index contributed by atoms with van der Waals surface area (Å²) in [5.41, 5.74) is 2.72. The van der Waals surface area contributed by atoms with E-state index >= 15 is 0 Å². The molecular formula is C15H14ClFN2O. The quantitative estimate of drug-likeness (QED) is 0.869. The van der Waals surface area contributed by atoms with Gasteiger partial charge in [-0.05, 0) is 30.5 Å². The first-order chi connectivity index (χ1) is 9.52. The van der Waals surface area contributed by atoms with Crippen molar-refractivity contribution in [2.45, 2.75) is 20.3 Å². The lowest BCUT2D eigenvalue weighted by atomic mass is 10.1. The Labute approximate surface area is 121 Å². The molecule has 1 aromatic carbocycles. The van der Waals surface area contributed by atoms with Gasteiger partial charge in [0.15, 0.2) is 0 Å². The van der Waals surface area contributed by atoms with E-state index in [1.807, 2.05) is 32.0 Å². The van der Waals surface area contributed by atoms with Crippen molar-refractivity contribution >= 4 is 23.2 Å². The topological polar surface area (TPSA) is 42.0 Å². The standard InChI is InChI=1S/C15H14ClFN2O/c1-3-10-6-4-5-9(2)13(10)19-15(20)12-7-11(17)8-18-14(12)16/h4-8H,3H2,1-2H3,(H,19,20). The van der Waals surface area contributed by atoms with Crippen LogP contribution in [0.25, 0.3) is 0 Å². The number of nitrogens with one attached hydrogen (secondary N) is 1. The smallest absolute Gasteiger partial charge is 0.258 e. The number of halogens is 2. The molecule has 0 fully saturated rings. The number of nitrogens with zero attached hydrogens (tertiary/aromatic N) is 1. The van der Waals surface area contributed by atoms with Crippen molar-refractivity contribution in [2.75, 3.05) is 5.32 Å². The lowest BCUT2D eigenvalue weighted by Crippen LogP contribution is -2.15. The first-order valence-electron chi connectivity index (χ1n) is 6.23. The summed E-state index contributed by atoms with van der Waals surface area (Å²) in [4.78, 5) is 15.8. The van der Waals surface area contributed by atoms with Gasteiger partial charge in [0, 0.05) is 5.69 Å². The van der Waals surface area contributed by atoms with Crippen LogP contribution in [0.4, 0.5) is 10.1 Å². The molecule has 1 N–H and O–H groups in total. The molecule has 0 spiro atoms. The van der Waals surface area contributed by atoms with E-state index in [1.54, 1.807) is 0 Å². The maximum absolute atomic E-state index is 13.2. The second-order valence-corrected chi connectivity index (χ2v) is 4.77. The Morgan fingerprint density at radius 2 is 2.20 bits per heavy atom. The van der Waals surface area contributed by atoms with Gasteiger partial charge in [-0.1, -0.05) is 36.7 Å². The molecule has 2 rings (SSSR count).